The zero-order valence-electron chi connectivity index (χ0n) is 13.2. The first kappa shape index (κ1) is 15.9. The molecule has 0 saturated carbocycles. The quantitative estimate of drug-likeness (QED) is 0.918. The van der Waals surface area contributed by atoms with Crippen LogP contribution >= 0.6 is 0 Å². The second-order valence-corrected chi connectivity index (χ2v) is 7.63. The molecule has 0 unspecified atom stereocenters. The molecule has 0 radical (unpaired) electrons. The van der Waals surface area contributed by atoms with Crippen molar-refractivity contribution in [1.82, 2.24) is 19.5 Å². The Labute approximate surface area is 135 Å². The molecule has 1 aromatic carbocycles. The molecule has 1 fully saturated rings. The Bertz CT molecular complexity index is 774. The molecule has 23 heavy (non-hydrogen) atoms. The van der Waals surface area contributed by atoms with Gasteiger partial charge in [0.1, 0.15) is 22.8 Å². The van der Waals surface area contributed by atoms with E-state index in [-0.39, 0.29) is 10.8 Å². The number of piperidine rings is 1. The van der Waals surface area contributed by atoms with Crippen molar-refractivity contribution >= 4 is 10.0 Å². The van der Waals surface area contributed by atoms with E-state index in [2.05, 4.69) is 15.2 Å². The Hall–Kier alpha value is -1.93. The maximum absolute atomic E-state index is 13.0. The van der Waals surface area contributed by atoms with Crippen molar-refractivity contribution in [3.05, 3.63) is 35.9 Å². The maximum atomic E-state index is 13.0. The van der Waals surface area contributed by atoms with Crippen LogP contribution < -0.4 is 4.74 Å². The largest absolute Gasteiger partial charge is 0.495 e. The van der Waals surface area contributed by atoms with Gasteiger partial charge in [0.15, 0.2) is 0 Å². The number of H-pyrrole nitrogens is 1. The summed E-state index contributed by atoms with van der Waals surface area (Å²) in [4.78, 5) is 4.38. The number of rotatable bonds is 4. The Morgan fingerprint density at radius 2 is 2.22 bits per heavy atom. The van der Waals surface area contributed by atoms with E-state index < -0.39 is 10.0 Å². The second-order valence-electron chi connectivity index (χ2n) is 5.73. The van der Waals surface area contributed by atoms with E-state index in [4.69, 9.17) is 4.74 Å². The van der Waals surface area contributed by atoms with E-state index >= 15 is 0 Å². The summed E-state index contributed by atoms with van der Waals surface area (Å²) in [5, 5.41) is 6.70. The maximum Gasteiger partial charge on any atom is 0.246 e. The number of sulfonamides is 1. The van der Waals surface area contributed by atoms with Crippen molar-refractivity contribution in [2.45, 2.75) is 30.6 Å². The van der Waals surface area contributed by atoms with Crippen molar-refractivity contribution in [3.63, 3.8) is 0 Å². The third-order valence-corrected chi connectivity index (χ3v) is 6.03. The van der Waals surface area contributed by atoms with E-state index in [0.717, 1.165) is 24.2 Å². The number of nitrogens with one attached hydrogen (secondary N) is 1. The summed E-state index contributed by atoms with van der Waals surface area (Å²) in [5.41, 5.74) is 0.883. The molecule has 1 atom stereocenters. The van der Waals surface area contributed by atoms with Crippen molar-refractivity contribution in [2.75, 3.05) is 20.2 Å². The minimum atomic E-state index is -3.61. The smallest absolute Gasteiger partial charge is 0.246 e. The third kappa shape index (κ3) is 3.09. The fraction of sp³-hybridized carbons (Fsp3) is 0.467. The van der Waals surface area contributed by atoms with Crippen LogP contribution in [0.15, 0.2) is 29.4 Å². The summed E-state index contributed by atoms with van der Waals surface area (Å²) >= 11 is 0. The molecule has 2 aromatic rings. The number of benzene rings is 1. The molecule has 1 aliphatic heterocycles. The number of aromatic nitrogens is 3. The second kappa shape index (κ2) is 6.29. The Balaban J connectivity index is 1.92. The van der Waals surface area contributed by atoms with E-state index in [0.29, 0.717) is 18.8 Å². The fourth-order valence-corrected chi connectivity index (χ4v) is 4.68. The van der Waals surface area contributed by atoms with Gasteiger partial charge < -0.3 is 4.74 Å². The van der Waals surface area contributed by atoms with Crippen LogP contribution in [-0.2, 0) is 10.0 Å². The summed E-state index contributed by atoms with van der Waals surface area (Å²) in [7, 11) is -2.12. The Morgan fingerprint density at radius 3 is 2.91 bits per heavy atom. The highest BCUT2D eigenvalue weighted by atomic mass is 32.2. The summed E-state index contributed by atoms with van der Waals surface area (Å²) in [6.45, 7) is 2.77. The van der Waals surface area contributed by atoms with Crippen LogP contribution in [0, 0.1) is 6.92 Å². The van der Waals surface area contributed by atoms with Crippen molar-refractivity contribution in [2.24, 2.45) is 0 Å². The lowest BCUT2D eigenvalue weighted by molar-refractivity contribution is 0.307. The minimum absolute atomic E-state index is 0.0387. The average Bonchev–Trinajstić information content (AvgIpc) is 3.09. The van der Waals surface area contributed by atoms with Gasteiger partial charge in [-0.2, -0.15) is 9.40 Å². The van der Waals surface area contributed by atoms with Crippen molar-refractivity contribution in [1.29, 1.82) is 0 Å². The van der Waals surface area contributed by atoms with E-state index in [9.17, 15) is 8.42 Å². The van der Waals surface area contributed by atoms with Crippen LogP contribution in [0.1, 0.15) is 30.1 Å². The molecule has 1 aliphatic rings. The van der Waals surface area contributed by atoms with Crippen molar-refractivity contribution < 1.29 is 13.2 Å². The number of aromatic amines is 1. The van der Waals surface area contributed by atoms with Gasteiger partial charge in [-0.05, 0) is 37.5 Å². The molecule has 8 heteroatoms. The predicted molar refractivity (Wildman–Crippen MR) is 84.8 cm³/mol. The minimum Gasteiger partial charge on any atom is -0.495 e. The highest BCUT2D eigenvalue weighted by Gasteiger charge is 2.33. The third-order valence-electron chi connectivity index (χ3n) is 4.14. The number of hydrogen-bond acceptors (Lipinski definition) is 5. The molecule has 7 nitrogen and oxygen atoms in total. The van der Waals surface area contributed by atoms with E-state index in [1.54, 1.807) is 12.1 Å². The first-order valence-electron chi connectivity index (χ1n) is 7.52. The van der Waals surface area contributed by atoms with Crippen LogP contribution in [0.2, 0.25) is 0 Å². The van der Waals surface area contributed by atoms with Crippen LogP contribution in [0.5, 0.6) is 5.75 Å². The molecule has 2 heterocycles. The average molecular weight is 336 g/mol. The fourth-order valence-electron chi connectivity index (χ4n) is 2.92. The highest BCUT2D eigenvalue weighted by Crippen LogP contribution is 2.32. The number of nitrogens with zero attached hydrogens (tertiary/aromatic N) is 3. The van der Waals surface area contributed by atoms with E-state index in [1.807, 2.05) is 13.0 Å². The van der Waals surface area contributed by atoms with Crippen LogP contribution in [0.25, 0.3) is 0 Å². The summed E-state index contributed by atoms with van der Waals surface area (Å²) in [5.74, 6) is 1.15. The van der Waals surface area contributed by atoms with Gasteiger partial charge in [-0.3, -0.25) is 5.10 Å². The lowest BCUT2D eigenvalue weighted by Crippen LogP contribution is -2.39. The zero-order valence-corrected chi connectivity index (χ0v) is 14.0. The molecule has 1 N–H and O–H groups in total. The predicted octanol–water partition coefficient (Wildman–Crippen LogP) is 1.69. The molecule has 1 saturated heterocycles. The summed E-state index contributed by atoms with van der Waals surface area (Å²) in [6.07, 6.45) is 3.14. The molecule has 0 aliphatic carbocycles. The molecule has 3 rings (SSSR count). The number of methoxy groups -OCH3 is 1. The lowest BCUT2D eigenvalue weighted by Gasteiger charge is -2.31. The van der Waals surface area contributed by atoms with Gasteiger partial charge in [0.25, 0.3) is 0 Å². The zero-order chi connectivity index (χ0) is 16.4. The molecular weight excluding hydrogens is 316 g/mol. The molecule has 0 spiro atoms. The topological polar surface area (TPSA) is 88.2 Å². The normalized spacial score (nSPS) is 19.7. The van der Waals surface area contributed by atoms with Crippen LogP contribution in [0.3, 0.4) is 0 Å². The molecule has 0 amide bonds. The van der Waals surface area contributed by atoms with Crippen molar-refractivity contribution in [3.8, 4) is 5.75 Å². The summed E-state index contributed by atoms with van der Waals surface area (Å²) in [6, 6.07) is 5.19. The van der Waals surface area contributed by atoms with E-state index in [1.165, 1.54) is 17.7 Å². The SMILES string of the molecule is COc1ccc(C)cc1S(=O)(=O)N1CCC[C@H](c2ncn[nH]2)C1. The van der Waals surface area contributed by atoms with Gasteiger partial charge in [0, 0.05) is 19.0 Å². The van der Waals surface area contributed by atoms with Gasteiger partial charge in [0.05, 0.1) is 7.11 Å². The highest BCUT2D eigenvalue weighted by molar-refractivity contribution is 7.89. The standard InChI is InChI=1S/C15H20N4O3S/c1-11-5-6-13(22-2)14(8-11)23(20,21)19-7-3-4-12(9-19)15-16-10-17-18-15/h5-6,8,10,12H,3-4,7,9H2,1-2H3,(H,16,17,18)/t12-/m0/s1. The lowest BCUT2D eigenvalue weighted by atomic mass is 9.99. The van der Waals surface area contributed by atoms with Gasteiger partial charge in [0.2, 0.25) is 10.0 Å². The number of ether oxygens (including phenoxy) is 1. The Morgan fingerprint density at radius 1 is 1.39 bits per heavy atom. The monoisotopic (exact) mass is 336 g/mol. The summed E-state index contributed by atoms with van der Waals surface area (Å²) < 4.78 is 32.8. The van der Waals surface area contributed by atoms with Crippen LogP contribution in [0.4, 0.5) is 0 Å². The number of hydrogen-bond donors (Lipinski definition) is 1. The van der Waals surface area contributed by atoms with Gasteiger partial charge in [-0.1, -0.05) is 6.07 Å². The first-order chi connectivity index (χ1) is 11.0. The number of aryl methyl sites for hydroxylation is 1. The van der Waals surface area contributed by atoms with Gasteiger partial charge in [-0.25, -0.2) is 13.4 Å². The van der Waals surface area contributed by atoms with Crippen LogP contribution in [-0.4, -0.2) is 48.1 Å². The Kier molecular flexibility index (Phi) is 4.36. The molecule has 1 aromatic heterocycles. The van der Waals surface area contributed by atoms with Gasteiger partial charge in [-0.15, -0.1) is 0 Å². The molecule has 124 valence electrons. The molecule has 0 bridgehead atoms. The first-order valence-corrected chi connectivity index (χ1v) is 8.96. The molecular formula is C15H20N4O3S. The van der Waals surface area contributed by atoms with Gasteiger partial charge >= 0.3 is 0 Å².